The molecule has 2 aliphatic rings. The van der Waals surface area contributed by atoms with Gasteiger partial charge in [-0.1, -0.05) is 6.07 Å². The second-order valence-corrected chi connectivity index (χ2v) is 6.30. The molecule has 2 N–H and O–H groups in total. The molecular weight excluding hydrogens is 334 g/mol. The maximum Gasteiger partial charge on any atom is 0.242 e. The Balaban J connectivity index is 1.38. The Morgan fingerprint density at radius 1 is 1.12 bits per heavy atom. The van der Waals surface area contributed by atoms with Crippen molar-refractivity contribution in [2.45, 2.75) is 13.5 Å². The van der Waals surface area contributed by atoms with E-state index in [2.05, 4.69) is 31.9 Å². The summed E-state index contributed by atoms with van der Waals surface area (Å²) in [5.41, 5.74) is 7.92. The van der Waals surface area contributed by atoms with Gasteiger partial charge in [0.15, 0.2) is 17.3 Å². The van der Waals surface area contributed by atoms with Crippen LogP contribution in [0.2, 0.25) is 0 Å². The van der Waals surface area contributed by atoms with Crippen molar-refractivity contribution < 1.29 is 14.2 Å². The fraction of sp³-hybridized carbons (Fsp3) is 0.444. The number of hydrogen-bond acceptors (Lipinski definition) is 8. The lowest BCUT2D eigenvalue weighted by molar-refractivity contribution is 0.174. The SMILES string of the molecule is CCOc1ncnc(N2CCN(Cc3ccc4c(c3)OCO4)CC2)c1N. The molecule has 0 bridgehead atoms. The number of nitrogens with two attached hydrogens (primary N) is 1. The molecule has 0 atom stereocenters. The third-order valence-corrected chi connectivity index (χ3v) is 4.62. The molecule has 1 aromatic heterocycles. The molecular formula is C18H23N5O3. The molecule has 0 radical (unpaired) electrons. The van der Waals surface area contributed by atoms with Crippen molar-refractivity contribution in [3.63, 3.8) is 0 Å². The molecule has 4 rings (SSSR count). The first kappa shape index (κ1) is 16.7. The third-order valence-electron chi connectivity index (χ3n) is 4.62. The van der Waals surface area contributed by atoms with E-state index in [1.807, 2.05) is 13.0 Å². The second kappa shape index (κ2) is 7.25. The zero-order chi connectivity index (χ0) is 17.9. The van der Waals surface area contributed by atoms with Gasteiger partial charge in [-0.25, -0.2) is 4.98 Å². The van der Waals surface area contributed by atoms with Gasteiger partial charge in [-0.15, -0.1) is 0 Å². The Morgan fingerprint density at radius 2 is 1.92 bits per heavy atom. The van der Waals surface area contributed by atoms with E-state index in [-0.39, 0.29) is 0 Å². The summed E-state index contributed by atoms with van der Waals surface area (Å²) >= 11 is 0. The number of anilines is 2. The van der Waals surface area contributed by atoms with E-state index < -0.39 is 0 Å². The molecule has 0 amide bonds. The maximum atomic E-state index is 6.18. The van der Waals surface area contributed by atoms with Gasteiger partial charge in [0.25, 0.3) is 0 Å². The molecule has 138 valence electrons. The lowest BCUT2D eigenvalue weighted by atomic mass is 10.1. The molecule has 0 aliphatic carbocycles. The Labute approximate surface area is 152 Å². The highest BCUT2D eigenvalue weighted by molar-refractivity contribution is 5.67. The molecule has 1 fully saturated rings. The lowest BCUT2D eigenvalue weighted by Crippen LogP contribution is -2.46. The number of nitrogen functional groups attached to an aromatic ring is 1. The molecule has 1 saturated heterocycles. The van der Waals surface area contributed by atoms with E-state index in [1.54, 1.807) is 0 Å². The fourth-order valence-corrected chi connectivity index (χ4v) is 3.29. The summed E-state index contributed by atoms with van der Waals surface area (Å²) in [6.45, 7) is 7.22. The number of benzene rings is 1. The molecule has 2 aliphatic heterocycles. The molecule has 2 aromatic rings. The van der Waals surface area contributed by atoms with Gasteiger partial charge in [-0.2, -0.15) is 4.98 Å². The largest absolute Gasteiger partial charge is 0.476 e. The predicted octanol–water partition coefficient (Wildman–Crippen LogP) is 1.51. The molecule has 0 spiro atoms. The van der Waals surface area contributed by atoms with Gasteiger partial charge < -0.3 is 24.8 Å². The quantitative estimate of drug-likeness (QED) is 0.862. The maximum absolute atomic E-state index is 6.18. The highest BCUT2D eigenvalue weighted by Gasteiger charge is 2.22. The van der Waals surface area contributed by atoms with Crippen LogP contribution in [0.25, 0.3) is 0 Å². The minimum Gasteiger partial charge on any atom is -0.476 e. The fourth-order valence-electron chi connectivity index (χ4n) is 3.29. The van der Waals surface area contributed by atoms with Gasteiger partial charge in [0.1, 0.15) is 12.0 Å². The number of fused-ring (bicyclic) bond motifs is 1. The molecule has 3 heterocycles. The normalized spacial score (nSPS) is 16.7. The summed E-state index contributed by atoms with van der Waals surface area (Å²) in [7, 11) is 0. The van der Waals surface area contributed by atoms with Crippen LogP contribution in [0.15, 0.2) is 24.5 Å². The Hall–Kier alpha value is -2.74. The summed E-state index contributed by atoms with van der Waals surface area (Å²) < 4.78 is 16.3. The zero-order valence-corrected chi connectivity index (χ0v) is 14.9. The van der Waals surface area contributed by atoms with Gasteiger partial charge >= 0.3 is 0 Å². The van der Waals surface area contributed by atoms with Gasteiger partial charge in [0, 0.05) is 32.7 Å². The number of aromatic nitrogens is 2. The number of hydrogen-bond donors (Lipinski definition) is 1. The van der Waals surface area contributed by atoms with E-state index in [0.29, 0.717) is 25.0 Å². The first-order valence-electron chi connectivity index (χ1n) is 8.83. The second-order valence-electron chi connectivity index (χ2n) is 6.30. The summed E-state index contributed by atoms with van der Waals surface area (Å²) in [4.78, 5) is 13.1. The van der Waals surface area contributed by atoms with E-state index in [4.69, 9.17) is 19.9 Å². The number of rotatable bonds is 5. The van der Waals surface area contributed by atoms with Gasteiger partial charge in [0.05, 0.1) is 6.61 Å². The van der Waals surface area contributed by atoms with E-state index in [0.717, 1.165) is 50.0 Å². The molecule has 0 saturated carbocycles. The van der Waals surface area contributed by atoms with Gasteiger partial charge in [0.2, 0.25) is 12.7 Å². The van der Waals surface area contributed by atoms with Crippen LogP contribution in [0.4, 0.5) is 11.5 Å². The van der Waals surface area contributed by atoms with Crippen LogP contribution in [0, 0.1) is 0 Å². The van der Waals surface area contributed by atoms with Crippen LogP contribution < -0.4 is 24.8 Å². The molecule has 26 heavy (non-hydrogen) atoms. The third kappa shape index (κ3) is 3.32. The van der Waals surface area contributed by atoms with Crippen molar-refractivity contribution >= 4 is 11.5 Å². The standard InChI is InChI=1S/C18H23N5O3/c1-2-24-18-16(19)17(20-11-21-18)23-7-5-22(6-8-23)10-13-3-4-14-15(9-13)26-12-25-14/h3-4,9,11H,2,5-8,10,12,19H2,1H3. The topological polar surface area (TPSA) is 86.0 Å². The van der Waals surface area contributed by atoms with Crippen LogP contribution in [-0.2, 0) is 6.54 Å². The number of ether oxygens (including phenoxy) is 3. The Kier molecular flexibility index (Phi) is 4.66. The van der Waals surface area contributed by atoms with E-state index in [9.17, 15) is 0 Å². The monoisotopic (exact) mass is 357 g/mol. The van der Waals surface area contributed by atoms with Crippen molar-refractivity contribution in [3.05, 3.63) is 30.1 Å². The van der Waals surface area contributed by atoms with Gasteiger partial charge in [-0.05, 0) is 24.6 Å². The number of nitrogens with zero attached hydrogens (tertiary/aromatic N) is 4. The first-order valence-corrected chi connectivity index (χ1v) is 8.83. The van der Waals surface area contributed by atoms with Crippen LogP contribution in [0.1, 0.15) is 12.5 Å². The van der Waals surface area contributed by atoms with Crippen LogP contribution in [0.3, 0.4) is 0 Å². The summed E-state index contributed by atoms with van der Waals surface area (Å²) in [6, 6.07) is 6.13. The zero-order valence-electron chi connectivity index (χ0n) is 14.9. The van der Waals surface area contributed by atoms with Crippen molar-refractivity contribution in [1.29, 1.82) is 0 Å². The predicted molar refractivity (Wildman–Crippen MR) is 97.7 cm³/mol. The van der Waals surface area contributed by atoms with Crippen molar-refractivity contribution in [1.82, 2.24) is 14.9 Å². The minimum absolute atomic E-state index is 0.307. The number of piperazine rings is 1. The van der Waals surface area contributed by atoms with E-state index >= 15 is 0 Å². The minimum atomic E-state index is 0.307. The van der Waals surface area contributed by atoms with Crippen molar-refractivity contribution in [2.75, 3.05) is 50.2 Å². The summed E-state index contributed by atoms with van der Waals surface area (Å²) in [5, 5.41) is 0. The molecule has 8 nitrogen and oxygen atoms in total. The average molecular weight is 357 g/mol. The lowest BCUT2D eigenvalue weighted by Gasteiger charge is -2.35. The van der Waals surface area contributed by atoms with Crippen LogP contribution in [-0.4, -0.2) is 54.4 Å². The Morgan fingerprint density at radius 3 is 2.73 bits per heavy atom. The van der Waals surface area contributed by atoms with Crippen LogP contribution >= 0.6 is 0 Å². The smallest absolute Gasteiger partial charge is 0.242 e. The molecule has 0 unspecified atom stereocenters. The first-order chi connectivity index (χ1) is 12.7. The van der Waals surface area contributed by atoms with Crippen LogP contribution in [0.5, 0.6) is 17.4 Å². The van der Waals surface area contributed by atoms with E-state index in [1.165, 1.54) is 11.9 Å². The molecule has 1 aromatic carbocycles. The van der Waals surface area contributed by atoms with Gasteiger partial charge in [-0.3, -0.25) is 4.90 Å². The van der Waals surface area contributed by atoms with Crippen molar-refractivity contribution in [2.24, 2.45) is 0 Å². The highest BCUT2D eigenvalue weighted by Crippen LogP contribution is 2.33. The summed E-state index contributed by atoms with van der Waals surface area (Å²) in [6.07, 6.45) is 1.51. The van der Waals surface area contributed by atoms with Crippen molar-refractivity contribution in [3.8, 4) is 17.4 Å². The highest BCUT2D eigenvalue weighted by atomic mass is 16.7. The Bertz CT molecular complexity index is 777. The summed E-state index contributed by atoms with van der Waals surface area (Å²) in [5.74, 6) is 2.87. The average Bonchev–Trinajstić information content (AvgIpc) is 3.12. The molecule has 8 heteroatoms.